The molecule has 0 bridgehead atoms. The Balaban J connectivity index is 3.09. The zero-order chi connectivity index (χ0) is 12.1. The minimum Gasteiger partial charge on any atom is -0.437 e. The molecule has 0 aliphatic carbocycles. The number of esters is 1. The van der Waals surface area contributed by atoms with Crippen LogP contribution in [0.4, 0.5) is 0 Å². The largest absolute Gasteiger partial charge is 0.437 e. The van der Waals surface area contributed by atoms with Gasteiger partial charge in [0.15, 0.2) is 13.6 Å². The van der Waals surface area contributed by atoms with Crippen molar-refractivity contribution in [2.45, 2.75) is 6.92 Å². The summed E-state index contributed by atoms with van der Waals surface area (Å²) >= 11 is 0. The van der Waals surface area contributed by atoms with Gasteiger partial charge in [0.25, 0.3) is 0 Å². The van der Waals surface area contributed by atoms with Crippen LogP contribution in [0, 0.1) is 0 Å². The lowest BCUT2D eigenvalue weighted by Gasteiger charge is -2.06. The fourth-order valence-corrected chi connectivity index (χ4v) is 0.627. The lowest BCUT2D eigenvalue weighted by molar-refractivity contribution is -0.180. The van der Waals surface area contributed by atoms with Gasteiger partial charge < -0.3 is 28.4 Å². The van der Waals surface area contributed by atoms with Crippen molar-refractivity contribution in [2.24, 2.45) is 0 Å². The number of carbonyl (C=O) groups is 1. The fourth-order valence-electron chi connectivity index (χ4n) is 0.627. The summed E-state index contributed by atoms with van der Waals surface area (Å²) in [5, 5.41) is 0. The summed E-state index contributed by atoms with van der Waals surface area (Å²) < 4.78 is 28.5. The predicted octanol–water partition coefficient (Wildman–Crippen LogP) is 0.0923. The van der Waals surface area contributed by atoms with Gasteiger partial charge in [-0.05, 0) is 6.92 Å². The lowest BCUT2D eigenvalue weighted by atomic mass is 10.7. The van der Waals surface area contributed by atoms with E-state index in [4.69, 9.17) is 18.9 Å². The molecule has 0 N–H and O–H groups in total. The van der Waals surface area contributed by atoms with Crippen molar-refractivity contribution in [3.8, 4) is 0 Å². The highest BCUT2D eigenvalue weighted by molar-refractivity contribution is 5.70. The summed E-state index contributed by atoms with van der Waals surface area (Å²) in [6.45, 7) is 2.20. The van der Waals surface area contributed by atoms with E-state index in [1.54, 1.807) is 6.92 Å². The van der Waals surface area contributed by atoms with Crippen LogP contribution in [0.2, 0.25) is 0 Å². The number of hydrogen-bond donors (Lipinski definition) is 0. The third-order valence-electron chi connectivity index (χ3n) is 1.26. The van der Waals surface area contributed by atoms with E-state index in [0.717, 1.165) is 0 Å². The first-order chi connectivity index (χ1) is 7.81. The van der Waals surface area contributed by atoms with Gasteiger partial charge in [0.2, 0.25) is 0 Å². The van der Waals surface area contributed by atoms with Gasteiger partial charge in [0.1, 0.15) is 20.2 Å². The van der Waals surface area contributed by atoms with E-state index in [0.29, 0.717) is 6.61 Å². The summed E-state index contributed by atoms with van der Waals surface area (Å²) in [5.74, 6) is -0.505. The molecule has 7 nitrogen and oxygen atoms in total. The summed E-state index contributed by atoms with van der Waals surface area (Å²) in [7, 11) is 1.50. The maximum absolute atomic E-state index is 10.9. The maximum atomic E-state index is 10.9. The van der Waals surface area contributed by atoms with Gasteiger partial charge in [-0.2, -0.15) is 0 Å². The Bertz CT molecular complexity index is 162. The highest BCUT2D eigenvalue weighted by atomic mass is 16.8. The second-order valence-electron chi connectivity index (χ2n) is 2.53. The average Bonchev–Trinajstić information content (AvgIpc) is 2.28. The Labute approximate surface area is 94.5 Å². The second-order valence-corrected chi connectivity index (χ2v) is 2.53. The van der Waals surface area contributed by atoms with Crippen LogP contribution in [0.5, 0.6) is 0 Å². The van der Waals surface area contributed by atoms with E-state index in [-0.39, 0.29) is 33.8 Å². The fraction of sp³-hybridized carbons (Fsp3) is 0.889. The number of carbonyl (C=O) groups excluding carboxylic acids is 1. The van der Waals surface area contributed by atoms with Crippen LogP contribution in [0.25, 0.3) is 0 Å². The van der Waals surface area contributed by atoms with Crippen molar-refractivity contribution in [3.63, 3.8) is 0 Å². The molecule has 0 unspecified atom stereocenters. The number of ether oxygens (including phenoxy) is 6. The van der Waals surface area contributed by atoms with Gasteiger partial charge >= 0.3 is 5.97 Å². The number of rotatable bonds is 11. The third-order valence-corrected chi connectivity index (χ3v) is 1.26. The first-order valence-corrected chi connectivity index (χ1v) is 4.76. The molecule has 0 aromatic rings. The van der Waals surface area contributed by atoms with Crippen LogP contribution in [-0.2, 0) is 33.2 Å². The molecular formula is C9H18O7. The molecule has 0 radical (unpaired) electrons. The normalized spacial score (nSPS) is 10.4. The van der Waals surface area contributed by atoms with E-state index >= 15 is 0 Å². The molecule has 0 amide bonds. The Morgan fingerprint density at radius 1 is 0.938 bits per heavy atom. The quantitative estimate of drug-likeness (QED) is 0.287. The van der Waals surface area contributed by atoms with Crippen LogP contribution in [0.15, 0.2) is 0 Å². The Morgan fingerprint density at radius 3 is 2.31 bits per heavy atom. The minimum atomic E-state index is -0.505. The Morgan fingerprint density at radius 2 is 1.62 bits per heavy atom. The van der Waals surface area contributed by atoms with Crippen LogP contribution in [0.1, 0.15) is 6.92 Å². The Kier molecular flexibility index (Phi) is 11.8. The minimum absolute atomic E-state index is 0.0435. The first kappa shape index (κ1) is 15.3. The van der Waals surface area contributed by atoms with Crippen molar-refractivity contribution in [1.82, 2.24) is 0 Å². The standard InChI is InChI=1S/C9H18O7/c1-3-12-8-16-9(10)4-13-6-15-7-14-5-11-2/h3-8H2,1-2H3. The molecule has 96 valence electrons. The molecule has 7 heteroatoms. The highest BCUT2D eigenvalue weighted by Crippen LogP contribution is 1.85. The topological polar surface area (TPSA) is 72.5 Å². The molecule has 16 heavy (non-hydrogen) atoms. The van der Waals surface area contributed by atoms with Gasteiger partial charge in [-0.15, -0.1) is 0 Å². The number of hydrogen-bond acceptors (Lipinski definition) is 7. The molecule has 0 saturated carbocycles. The van der Waals surface area contributed by atoms with Crippen LogP contribution in [-0.4, -0.2) is 53.5 Å². The molecule has 0 aromatic heterocycles. The predicted molar refractivity (Wildman–Crippen MR) is 52.3 cm³/mol. The zero-order valence-electron chi connectivity index (χ0n) is 9.60. The van der Waals surface area contributed by atoms with Gasteiger partial charge in [0.05, 0.1) is 0 Å². The van der Waals surface area contributed by atoms with Gasteiger partial charge in [-0.1, -0.05) is 0 Å². The maximum Gasteiger partial charge on any atom is 0.334 e. The van der Waals surface area contributed by atoms with Crippen molar-refractivity contribution < 1.29 is 33.2 Å². The van der Waals surface area contributed by atoms with E-state index in [2.05, 4.69) is 9.47 Å². The molecule has 0 spiro atoms. The molecule has 0 aliphatic rings. The average molecular weight is 238 g/mol. The number of methoxy groups -OCH3 is 1. The third kappa shape index (κ3) is 11.3. The molecule has 0 fully saturated rings. The van der Waals surface area contributed by atoms with Crippen molar-refractivity contribution in [3.05, 3.63) is 0 Å². The summed E-state index contributed by atoms with van der Waals surface area (Å²) in [6, 6.07) is 0. The van der Waals surface area contributed by atoms with Gasteiger partial charge in [0, 0.05) is 13.7 Å². The summed E-state index contributed by atoms with van der Waals surface area (Å²) in [6.07, 6.45) is 0. The summed E-state index contributed by atoms with van der Waals surface area (Å²) in [5.41, 5.74) is 0. The second kappa shape index (κ2) is 12.3. The van der Waals surface area contributed by atoms with Gasteiger partial charge in [-0.25, -0.2) is 4.79 Å². The van der Waals surface area contributed by atoms with Crippen molar-refractivity contribution >= 4 is 5.97 Å². The van der Waals surface area contributed by atoms with E-state index < -0.39 is 5.97 Å². The van der Waals surface area contributed by atoms with Crippen LogP contribution < -0.4 is 0 Å². The molecule has 0 heterocycles. The molecule has 0 atom stereocenters. The van der Waals surface area contributed by atoms with Crippen molar-refractivity contribution in [2.75, 3.05) is 47.5 Å². The Hall–Kier alpha value is -0.730. The highest BCUT2D eigenvalue weighted by Gasteiger charge is 2.01. The zero-order valence-corrected chi connectivity index (χ0v) is 9.60. The molecule has 0 saturated heterocycles. The molecule has 0 aromatic carbocycles. The first-order valence-electron chi connectivity index (χ1n) is 4.76. The van der Waals surface area contributed by atoms with E-state index in [9.17, 15) is 4.79 Å². The molecule has 0 rings (SSSR count). The lowest BCUT2D eigenvalue weighted by Crippen LogP contribution is -2.16. The van der Waals surface area contributed by atoms with Crippen LogP contribution in [0.3, 0.4) is 0 Å². The SMILES string of the molecule is CCOCOC(=O)COCOCOCOC. The van der Waals surface area contributed by atoms with E-state index in [1.807, 2.05) is 0 Å². The van der Waals surface area contributed by atoms with Crippen LogP contribution >= 0.6 is 0 Å². The molecule has 0 aliphatic heterocycles. The summed E-state index contributed by atoms with van der Waals surface area (Å²) in [4.78, 5) is 10.9. The smallest absolute Gasteiger partial charge is 0.334 e. The van der Waals surface area contributed by atoms with E-state index in [1.165, 1.54) is 7.11 Å². The van der Waals surface area contributed by atoms with Crippen molar-refractivity contribution in [1.29, 1.82) is 0 Å². The molecular weight excluding hydrogens is 220 g/mol. The van der Waals surface area contributed by atoms with Gasteiger partial charge in [-0.3, -0.25) is 0 Å². The monoisotopic (exact) mass is 238 g/mol.